The van der Waals surface area contributed by atoms with E-state index in [9.17, 15) is 9.59 Å². The van der Waals surface area contributed by atoms with E-state index in [1.165, 1.54) is 24.6 Å². The Labute approximate surface area is 178 Å². The maximum Gasteiger partial charge on any atom is 0.339 e. The second-order valence-electron chi connectivity index (χ2n) is 7.02. The second-order valence-corrected chi connectivity index (χ2v) is 8.22. The molecule has 1 atom stereocenters. The van der Waals surface area contributed by atoms with E-state index in [1.807, 2.05) is 32.0 Å². The van der Waals surface area contributed by atoms with Crippen LogP contribution in [0, 0.1) is 13.8 Å². The number of carbonyl (C=O) groups excluding carboxylic acids is 2. The molecule has 0 aliphatic carbocycles. The summed E-state index contributed by atoms with van der Waals surface area (Å²) in [5.41, 5.74) is 3.76. The minimum absolute atomic E-state index is 0.127. The van der Waals surface area contributed by atoms with Gasteiger partial charge in [0.2, 0.25) is 0 Å². The van der Waals surface area contributed by atoms with E-state index >= 15 is 0 Å². The van der Waals surface area contributed by atoms with Gasteiger partial charge in [0, 0.05) is 18.2 Å². The van der Waals surface area contributed by atoms with Gasteiger partial charge >= 0.3 is 5.97 Å². The van der Waals surface area contributed by atoms with Gasteiger partial charge in [-0.05, 0) is 37.6 Å². The van der Waals surface area contributed by atoms with Gasteiger partial charge in [0.1, 0.15) is 16.7 Å². The second kappa shape index (κ2) is 8.23. The fraction of sp³-hybridized carbons (Fsp3) is 0.273. The van der Waals surface area contributed by atoms with Gasteiger partial charge in [0.25, 0.3) is 5.91 Å². The topological polar surface area (TPSA) is 90.4 Å². The van der Waals surface area contributed by atoms with Crippen molar-refractivity contribution in [3.63, 3.8) is 0 Å². The van der Waals surface area contributed by atoms with Gasteiger partial charge in [-0.2, -0.15) is 0 Å². The molecule has 1 amide bonds. The zero-order valence-electron chi connectivity index (χ0n) is 16.9. The number of hydrogen-bond acceptors (Lipinski definition) is 7. The number of fused-ring (bicyclic) bond motifs is 1. The monoisotopic (exact) mass is 423 g/mol. The smallest absolute Gasteiger partial charge is 0.339 e. The molecule has 0 bridgehead atoms. The molecule has 0 radical (unpaired) electrons. The summed E-state index contributed by atoms with van der Waals surface area (Å²) in [6.07, 6.45) is 2.03. The van der Waals surface area contributed by atoms with Gasteiger partial charge in [-0.3, -0.25) is 9.78 Å². The quantitative estimate of drug-likeness (QED) is 0.633. The van der Waals surface area contributed by atoms with Crippen molar-refractivity contribution in [2.75, 3.05) is 13.7 Å². The molecule has 0 spiro atoms. The lowest BCUT2D eigenvalue weighted by molar-refractivity contribution is 0.0600. The lowest BCUT2D eigenvalue weighted by Gasteiger charge is -2.13. The van der Waals surface area contributed by atoms with E-state index in [2.05, 4.69) is 15.3 Å². The molecule has 0 fully saturated rings. The third-order valence-electron chi connectivity index (χ3n) is 4.89. The van der Waals surface area contributed by atoms with E-state index in [-0.39, 0.29) is 12.0 Å². The number of amides is 1. The van der Waals surface area contributed by atoms with E-state index in [1.54, 1.807) is 12.1 Å². The minimum Gasteiger partial charge on any atom is -0.487 e. The summed E-state index contributed by atoms with van der Waals surface area (Å²) in [4.78, 5) is 33.4. The molecule has 3 heterocycles. The van der Waals surface area contributed by atoms with Crippen LogP contribution in [-0.4, -0.2) is 41.6 Å². The maximum atomic E-state index is 12.5. The third kappa shape index (κ3) is 3.91. The number of methoxy groups -OCH3 is 1. The lowest BCUT2D eigenvalue weighted by atomic mass is 10.0. The zero-order chi connectivity index (χ0) is 21.3. The van der Waals surface area contributed by atoms with Gasteiger partial charge in [-0.25, -0.2) is 9.78 Å². The van der Waals surface area contributed by atoms with Gasteiger partial charge in [-0.1, -0.05) is 12.1 Å². The number of nitrogens with one attached hydrogen (secondary N) is 1. The molecule has 0 unspecified atom stereocenters. The van der Waals surface area contributed by atoms with Crippen molar-refractivity contribution in [2.24, 2.45) is 0 Å². The molecular weight excluding hydrogens is 402 g/mol. The predicted octanol–water partition coefficient (Wildman–Crippen LogP) is 3.34. The van der Waals surface area contributed by atoms with Crippen LogP contribution in [0.15, 0.2) is 36.5 Å². The molecule has 1 aliphatic rings. The van der Waals surface area contributed by atoms with Crippen LogP contribution in [0.3, 0.4) is 0 Å². The Balaban J connectivity index is 1.46. The number of aryl methyl sites for hydroxylation is 2. The van der Waals surface area contributed by atoms with E-state index in [0.29, 0.717) is 29.1 Å². The third-order valence-corrected chi connectivity index (χ3v) is 5.96. The predicted molar refractivity (Wildman–Crippen MR) is 113 cm³/mol. The fourth-order valence-electron chi connectivity index (χ4n) is 3.47. The molecule has 30 heavy (non-hydrogen) atoms. The van der Waals surface area contributed by atoms with Crippen LogP contribution in [0.1, 0.15) is 36.3 Å². The first-order valence-electron chi connectivity index (χ1n) is 9.51. The Kier molecular flexibility index (Phi) is 5.50. The van der Waals surface area contributed by atoms with Crippen LogP contribution < -0.4 is 10.1 Å². The van der Waals surface area contributed by atoms with Crippen molar-refractivity contribution in [1.29, 1.82) is 0 Å². The van der Waals surface area contributed by atoms with Crippen LogP contribution >= 0.6 is 11.3 Å². The standard InChI is InChI=1S/C22H21N3O4S/c1-12-20(30-13(2)25-12)21(26)24-11-16-9-14-5-4-6-17(19(14)29-16)18-8-7-15(10-23-18)22(27)28-3/h4-8,10,16H,9,11H2,1-3H3,(H,24,26)/t16-/m0/s1. The Morgan fingerprint density at radius 1 is 1.27 bits per heavy atom. The van der Waals surface area contributed by atoms with Crippen LogP contribution in [-0.2, 0) is 11.2 Å². The van der Waals surface area contributed by atoms with Crippen LogP contribution in [0.25, 0.3) is 11.3 Å². The molecule has 0 saturated heterocycles. The Morgan fingerprint density at radius 3 is 2.77 bits per heavy atom. The molecule has 1 aliphatic heterocycles. The first-order valence-corrected chi connectivity index (χ1v) is 10.3. The zero-order valence-corrected chi connectivity index (χ0v) is 17.7. The fourth-order valence-corrected chi connectivity index (χ4v) is 4.31. The summed E-state index contributed by atoms with van der Waals surface area (Å²) in [5.74, 6) is 0.212. The molecule has 1 aromatic carbocycles. The van der Waals surface area contributed by atoms with Crippen LogP contribution in [0.5, 0.6) is 5.75 Å². The number of para-hydroxylation sites is 1. The Bertz CT molecular complexity index is 1110. The SMILES string of the molecule is COC(=O)c1ccc(-c2cccc3c2O[C@H](CNC(=O)c2sc(C)nc2C)C3)nc1. The molecular formula is C22H21N3O4S. The number of aromatic nitrogens is 2. The first-order chi connectivity index (χ1) is 14.5. The first kappa shape index (κ1) is 20.0. The summed E-state index contributed by atoms with van der Waals surface area (Å²) in [6.45, 7) is 4.13. The van der Waals surface area contributed by atoms with Gasteiger partial charge < -0.3 is 14.8 Å². The number of nitrogens with zero attached hydrogens (tertiary/aromatic N) is 2. The number of thiazole rings is 1. The number of hydrogen-bond donors (Lipinski definition) is 1. The number of esters is 1. The largest absolute Gasteiger partial charge is 0.487 e. The van der Waals surface area contributed by atoms with Crippen molar-refractivity contribution in [3.05, 3.63) is 63.2 Å². The van der Waals surface area contributed by atoms with E-state index < -0.39 is 5.97 Å². The molecule has 1 N–H and O–H groups in total. The highest BCUT2D eigenvalue weighted by Gasteiger charge is 2.27. The van der Waals surface area contributed by atoms with Crippen molar-refractivity contribution < 1.29 is 19.1 Å². The summed E-state index contributed by atoms with van der Waals surface area (Å²) in [6, 6.07) is 9.36. The van der Waals surface area contributed by atoms with Gasteiger partial charge in [0.05, 0.1) is 35.6 Å². The molecule has 3 aromatic rings. The van der Waals surface area contributed by atoms with E-state index in [4.69, 9.17) is 9.47 Å². The Hall–Kier alpha value is -3.26. The van der Waals surface area contributed by atoms with Crippen molar-refractivity contribution in [1.82, 2.24) is 15.3 Å². The van der Waals surface area contributed by atoms with Crippen LogP contribution in [0.4, 0.5) is 0 Å². The highest BCUT2D eigenvalue weighted by atomic mass is 32.1. The minimum atomic E-state index is -0.425. The lowest BCUT2D eigenvalue weighted by Crippen LogP contribution is -2.34. The average Bonchev–Trinajstić information content (AvgIpc) is 3.33. The van der Waals surface area contributed by atoms with Crippen molar-refractivity contribution in [2.45, 2.75) is 26.4 Å². The highest BCUT2D eigenvalue weighted by molar-refractivity contribution is 7.13. The van der Waals surface area contributed by atoms with Crippen LogP contribution in [0.2, 0.25) is 0 Å². The molecule has 2 aromatic heterocycles. The number of rotatable bonds is 5. The summed E-state index contributed by atoms with van der Waals surface area (Å²) >= 11 is 1.39. The summed E-state index contributed by atoms with van der Waals surface area (Å²) in [7, 11) is 1.34. The summed E-state index contributed by atoms with van der Waals surface area (Å²) < 4.78 is 10.9. The van der Waals surface area contributed by atoms with Gasteiger partial charge in [0.15, 0.2) is 0 Å². The van der Waals surface area contributed by atoms with Crippen molar-refractivity contribution >= 4 is 23.2 Å². The normalized spacial score (nSPS) is 14.7. The number of carbonyl (C=O) groups is 2. The summed E-state index contributed by atoms with van der Waals surface area (Å²) in [5, 5.41) is 3.83. The van der Waals surface area contributed by atoms with Gasteiger partial charge in [-0.15, -0.1) is 11.3 Å². The molecule has 4 rings (SSSR count). The number of ether oxygens (including phenoxy) is 2. The number of benzene rings is 1. The molecule has 154 valence electrons. The van der Waals surface area contributed by atoms with Crippen molar-refractivity contribution in [3.8, 4) is 17.0 Å². The van der Waals surface area contributed by atoms with E-state index in [0.717, 1.165) is 27.6 Å². The number of pyridine rings is 1. The molecule has 0 saturated carbocycles. The maximum absolute atomic E-state index is 12.5. The molecule has 8 heteroatoms. The average molecular weight is 423 g/mol. The molecule has 7 nitrogen and oxygen atoms in total. The Morgan fingerprint density at radius 2 is 2.10 bits per heavy atom. The highest BCUT2D eigenvalue weighted by Crippen LogP contribution is 2.38.